The minimum absolute atomic E-state index is 0.0583. The molecule has 22 heavy (non-hydrogen) atoms. The van der Waals surface area contributed by atoms with E-state index in [0.29, 0.717) is 23.7 Å². The Labute approximate surface area is 131 Å². The highest BCUT2D eigenvalue weighted by Gasteiger charge is 2.67. The SMILES string of the molecule is C=C[C@H]1CC[C@@H]2[C@H]3CCc4ccccc4[C@@H]3[C@H]3C[C@]21OC3=O. The maximum Gasteiger partial charge on any atom is 0.310 e. The highest BCUT2D eigenvalue weighted by molar-refractivity contribution is 5.78. The summed E-state index contributed by atoms with van der Waals surface area (Å²) in [6.07, 6.45) is 7.67. The molecule has 2 nitrogen and oxygen atoms in total. The molecule has 0 amide bonds. The van der Waals surface area contributed by atoms with Crippen molar-refractivity contribution in [1.82, 2.24) is 0 Å². The van der Waals surface area contributed by atoms with Crippen LogP contribution in [0.5, 0.6) is 0 Å². The number of fused-ring (bicyclic) bond motifs is 6. The maximum atomic E-state index is 12.7. The number of aryl methyl sites for hydroxylation is 1. The number of carbonyl (C=O) groups is 1. The van der Waals surface area contributed by atoms with Crippen molar-refractivity contribution in [3.63, 3.8) is 0 Å². The average molecular weight is 294 g/mol. The van der Waals surface area contributed by atoms with Gasteiger partial charge < -0.3 is 4.74 Å². The minimum Gasteiger partial charge on any atom is -0.458 e. The first-order valence-corrected chi connectivity index (χ1v) is 8.68. The molecule has 1 heterocycles. The quantitative estimate of drug-likeness (QED) is 0.581. The van der Waals surface area contributed by atoms with Gasteiger partial charge in [0.05, 0.1) is 5.92 Å². The second kappa shape index (κ2) is 4.24. The Balaban J connectivity index is 1.66. The van der Waals surface area contributed by atoms with Gasteiger partial charge >= 0.3 is 5.97 Å². The smallest absolute Gasteiger partial charge is 0.310 e. The van der Waals surface area contributed by atoms with E-state index >= 15 is 0 Å². The first-order chi connectivity index (χ1) is 10.7. The van der Waals surface area contributed by atoms with Crippen molar-refractivity contribution in [1.29, 1.82) is 0 Å². The Kier molecular flexibility index (Phi) is 2.49. The van der Waals surface area contributed by atoms with Gasteiger partial charge in [0.25, 0.3) is 0 Å². The second-order valence-corrected chi connectivity index (χ2v) is 7.64. The summed E-state index contributed by atoms with van der Waals surface area (Å²) in [4.78, 5) is 12.7. The van der Waals surface area contributed by atoms with Crippen molar-refractivity contribution in [2.45, 2.75) is 43.6 Å². The summed E-state index contributed by atoms with van der Waals surface area (Å²) < 4.78 is 6.10. The molecule has 2 bridgehead atoms. The average Bonchev–Trinajstić information content (AvgIpc) is 3.05. The molecule has 1 aromatic rings. The predicted molar refractivity (Wildman–Crippen MR) is 84.3 cm³/mol. The predicted octanol–water partition coefficient (Wildman–Crippen LogP) is 3.86. The Bertz CT molecular complexity index is 663. The molecule has 5 rings (SSSR count). The Hall–Kier alpha value is -1.57. The fourth-order valence-electron chi connectivity index (χ4n) is 6.26. The molecule has 114 valence electrons. The van der Waals surface area contributed by atoms with Gasteiger partial charge in [-0.2, -0.15) is 0 Å². The van der Waals surface area contributed by atoms with Gasteiger partial charge in [0.15, 0.2) is 0 Å². The van der Waals surface area contributed by atoms with Crippen LogP contribution in [0, 0.1) is 23.7 Å². The largest absolute Gasteiger partial charge is 0.458 e. The number of hydrogen-bond acceptors (Lipinski definition) is 2. The van der Waals surface area contributed by atoms with Crippen LogP contribution >= 0.6 is 0 Å². The molecule has 2 saturated carbocycles. The Morgan fingerprint density at radius 2 is 2.09 bits per heavy atom. The summed E-state index contributed by atoms with van der Waals surface area (Å²) in [6, 6.07) is 8.76. The van der Waals surface area contributed by atoms with E-state index in [-0.39, 0.29) is 17.5 Å². The molecule has 3 aliphatic carbocycles. The molecule has 3 fully saturated rings. The third-order valence-corrected chi connectivity index (χ3v) is 7.03. The van der Waals surface area contributed by atoms with Crippen LogP contribution in [0.1, 0.15) is 42.7 Å². The summed E-state index contributed by atoms with van der Waals surface area (Å²) >= 11 is 0. The lowest BCUT2D eigenvalue weighted by atomic mass is 9.56. The molecular formula is C20H22O2. The van der Waals surface area contributed by atoms with E-state index in [4.69, 9.17) is 4.74 Å². The van der Waals surface area contributed by atoms with Crippen molar-refractivity contribution >= 4 is 5.97 Å². The van der Waals surface area contributed by atoms with Gasteiger partial charge in [-0.05, 0) is 42.7 Å². The lowest BCUT2D eigenvalue weighted by Crippen LogP contribution is -2.48. The van der Waals surface area contributed by atoms with Crippen molar-refractivity contribution in [3.05, 3.63) is 48.0 Å². The van der Waals surface area contributed by atoms with E-state index in [1.807, 2.05) is 6.08 Å². The molecule has 0 unspecified atom stereocenters. The zero-order valence-corrected chi connectivity index (χ0v) is 12.8. The van der Waals surface area contributed by atoms with Gasteiger partial charge in [-0.3, -0.25) is 4.79 Å². The number of esters is 1. The number of carbonyl (C=O) groups excluding carboxylic acids is 1. The monoisotopic (exact) mass is 294 g/mol. The van der Waals surface area contributed by atoms with E-state index in [0.717, 1.165) is 19.3 Å². The van der Waals surface area contributed by atoms with E-state index in [1.54, 1.807) is 0 Å². The first-order valence-electron chi connectivity index (χ1n) is 8.68. The van der Waals surface area contributed by atoms with E-state index in [1.165, 1.54) is 24.0 Å². The van der Waals surface area contributed by atoms with Crippen molar-refractivity contribution in [2.75, 3.05) is 0 Å². The van der Waals surface area contributed by atoms with Gasteiger partial charge in [0.2, 0.25) is 0 Å². The molecule has 1 saturated heterocycles. The van der Waals surface area contributed by atoms with Crippen molar-refractivity contribution in [3.8, 4) is 0 Å². The number of hydrogen-bond donors (Lipinski definition) is 0. The summed E-state index contributed by atoms with van der Waals surface area (Å²) in [5.41, 5.74) is 2.67. The molecule has 1 aromatic carbocycles. The zero-order chi connectivity index (χ0) is 14.9. The molecular weight excluding hydrogens is 272 g/mol. The van der Waals surface area contributed by atoms with Crippen molar-refractivity contribution < 1.29 is 9.53 Å². The third-order valence-electron chi connectivity index (χ3n) is 7.03. The molecule has 4 aliphatic rings. The van der Waals surface area contributed by atoms with Gasteiger partial charge in [-0.25, -0.2) is 0 Å². The van der Waals surface area contributed by atoms with Crippen LogP contribution in [-0.4, -0.2) is 11.6 Å². The summed E-state index contributed by atoms with van der Waals surface area (Å²) in [5.74, 6) is 2.04. The van der Waals surface area contributed by atoms with Crippen LogP contribution in [0.25, 0.3) is 0 Å². The first kappa shape index (κ1) is 12.9. The molecule has 6 atom stereocenters. The normalized spacial score (nSPS) is 44.7. The van der Waals surface area contributed by atoms with Gasteiger partial charge in [-0.1, -0.05) is 30.3 Å². The number of benzene rings is 1. The van der Waals surface area contributed by atoms with Crippen LogP contribution in [-0.2, 0) is 16.0 Å². The standard InChI is InChI=1S/C20H22O2/c1-2-13-8-10-17-15-9-7-12-5-3-4-6-14(12)18(15)16-11-20(13,17)22-19(16)21/h2-6,13,15-18H,1,7-11H2/t13-,15+,16+,17+,18-,20+/m0/s1. The van der Waals surface area contributed by atoms with Crippen LogP contribution < -0.4 is 0 Å². The molecule has 2 heteroatoms. The summed E-state index contributed by atoms with van der Waals surface area (Å²) in [6.45, 7) is 4.02. The fourth-order valence-corrected chi connectivity index (χ4v) is 6.26. The Morgan fingerprint density at radius 3 is 2.95 bits per heavy atom. The second-order valence-electron chi connectivity index (χ2n) is 7.64. The van der Waals surface area contributed by atoms with Crippen LogP contribution in [0.15, 0.2) is 36.9 Å². The van der Waals surface area contributed by atoms with Gasteiger partial charge in [0.1, 0.15) is 5.60 Å². The zero-order valence-electron chi connectivity index (χ0n) is 12.8. The highest BCUT2D eigenvalue weighted by Crippen LogP contribution is 2.65. The topological polar surface area (TPSA) is 26.3 Å². The Morgan fingerprint density at radius 1 is 1.23 bits per heavy atom. The molecule has 0 N–H and O–H groups in total. The fraction of sp³-hybridized carbons (Fsp3) is 0.550. The molecule has 0 aromatic heterocycles. The lowest BCUT2D eigenvalue weighted by molar-refractivity contribution is -0.154. The van der Waals surface area contributed by atoms with Crippen LogP contribution in [0.2, 0.25) is 0 Å². The summed E-state index contributed by atoms with van der Waals surface area (Å²) in [5, 5.41) is 0. The minimum atomic E-state index is -0.211. The third kappa shape index (κ3) is 1.39. The van der Waals surface area contributed by atoms with E-state index in [2.05, 4.69) is 30.8 Å². The van der Waals surface area contributed by atoms with Gasteiger partial charge in [0, 0.05) is 24.2 Å². The van der Waals surface area contributed by atoms with Gasteiger partial charge in [-0.15, -0.1) is 6.58 Å². The van der Waals surface area contributed by atoms with Crippen molar-refractivity contribution in [2.24, 2.45) is 23.7 Å². The van der Waals surface area contributed by atoms with Crippen LogP contribution in [0.4, 0.5) is 0 Å². The molecule has 1 spiro atoms. The number of rotatable bonds is 1. The van der Waals surface area contributed by atoms with Crippen LogP contribution in [0.3, 0.4) is 0 Å². The molecule has 0 radical (unpaired) electrons. The summed E-state index contributed by atoms with van der Waals surface area (Å²) in [7, 11) is 0. The molecule has 1 aliphatic heterocycles. The van der Waals surface area contributed by atoms with E-state index in [9.17, 15) is 4.79 Å². The lowest BCUT2D eigenvalue weighted by Gasteiger charge is -2.47. The van der Waals surface area contributed by atoms with E-state index < -0.39 is 0 Å². The highest BCUT2D eigenvalue weighted by atomic mass is 16.6. The number of ether oxygens (including phenoxy) is 1. The maximum absolute atomic E-state index is 12.7.